The molecule has 1 unspecified atom stereocenters. The van der Waals surface area contributed by atoms with Gasteiger partial charge in [0.15, 0.2) is 0 Å². The molecule has 0 saturated carbocycles. The van der Waals surface area contributed by atoms with Gasteiger partial charge in [0, 0.05) is 0 Å². The quantitative estimate of drug-likeness (QED) is 0.284. The van der Waals surface area contributed by atoms with E-state index in [0.717, 1.165) is 23.5 Å². The van der Waals surface area contributed by atoms with E-state index in [2.05, 4.69) is 0 Å². The molecule has 0 aromatic rings. The second kappa shape index (κ2) is 12.9. The summed E-state index contributed by atoms with van der Waals surface area (Å²) < 4.78 is 25.7. The van der Waals surface area contributed by atoms with Gasteiger partial charge < -0.3 is 23.7 Å². The number of thioether (sulfide) groups is 2. The Bertz CT molecular complexity index is 799. The van der Waals surface area contributed by atoms with Crippen molar-refractivity contribution in [2.45, 2.75) is 47.1 Å². The fourth-order valence-corrected chi connectivity index (χ4v) is 4.48. The molecule has 186 valence electrons. The van der Waals surface area contributed by atoms with Crippen LogP contribution in [0.25, 0.3) is 0 Å². The maximum Gasteiger partial charge on any atom is 0.376 e. The van der Waals surface area contributed by atoms with Crippen molar-refractivity contribution in [1.82, 2.24) is 0 Å². The third kappa shape index (κ3) is 7.95. The lowest BCUT2D eigenvalue weighted by Crippen LogP contribution is -2.45. The minimum atomic E-state index is -2.01. The van der Waals surface area contributed by atoms with Gasteiger partial charge in [0.1, 0.15) is 0 Å². The van der Waals surface area contributed by atoms with Crippen molar-refractivity contribution < 1.29 is 47.7 Å². The smallest absolute Gasteiger partial charge is 0.376 e. The molecule has 1 rings (SSSR count). The first kappa shape index (κ1) is 28.8. The Morgan fingerprint density at radius 1 is 0.909 bits per heavy atom. The largest absolute Gasteiger partial charge is 0.465 e. The SMILES string of the molecule is CCOC(=O)CSCC1(C(=O)OCC)OC(=O)C(OC(=O)C(C)(C)C)=C1SCC(=O)OCC. The molecule has 0 fully saturated rings. The van der Waals surface area contributed by atoms with Gasteiger partial charge in [-0.15, -0.1) is 23.5 Å². The van der Waals surface area contributed by atoms with E-state index >= 15 is 0 Å². The lowest BCUT2D eigenvalue weighted by molar-refractivity contribution is -0.170. The number of cyclic esters (lactones) is 1. The molecule has 12 heteroatoms. The van der Waals surface area contributed by atoms with E-state index in [4.69, 9.17) is 23.7 Å². The second-order valence-corrected chi connectivity index (χ2v) is 9.60. The Morgan fingerprint density at radius 3 is 1.97 bits per heavy atom. The zero-order chi connectivity index (χ0) is 25.2. The van der Waals surface area contributed by atoms with Crippen LogP contribution in [0.4, 0.5) is 0 Å². The third-order valence-corrected chi connectivity index (χ3v) is 6.14. The molecule has 10 nitrogen and oxygen atoms in total. The summed E-state index contributed by atoms with van der Waals surface area (Å²) in [7, 11) is 0. The van der Waals surface area contributed by atoms with Crippen molar-refractivity contribution in [3.05, 3.63) is 10.7 Å². The Labute approximate surface area is 201 Å². The van der Waals surface area contributed by atoms with Crippen LogP contribution in [0.15, 0.2) is 10.7 Å². The summed E-state index contributed by atoms with van der Waals surface area (Å²) >= 11 is 1.75. The third-order valence-electron chi connectivity index (χ3n) is 3.91. The van der Waals surface area contributed by atoms with Crippen molar-refractivity contribution in [2.75, 3.05) is 37.1 Å². The first-order valence-electron chi connectivity index (χ1n) is 10.3. The maximum atomic E-state index is 13.0. The standard InChI is InChI=1S/C21H30O10S2/c1-7-27-13(22)10-32-12-21(19(26)29-9-3)16(33-11-14(23)28-8-2)15(17(24)31-21)30-18(25)20(4,5)6/h7-12H2,1-6H3. The van der Waals surface area contributed by atoms with Crippen molar-refractivity contribution >= 4 is 53.4 Å². The summed E-state index contributed by atoms with van der Waals surface area (Å²) in [6, 6.07) is 0. The van der Waals surface area contributed by atoms with E-state index < -0.39 is 46.6 Å². The number of hydrogen-bond acceptors (Lipinski definition) is 12. The van der Waals surface area contributed by atoms with E-state index in [1.807, 2.05) is 0 Å². The van der Waals surface area contributed by atoms with Gasteiger partial charge in [-0.1, -0.05) is 0 Å². The molecule has 0 N–H and O–H groups in total. The van der Waals surface area contributed by atoms with Crippen LogP contribution < -0.4 is 0 Å². The topological polar surface area (TPSA) is 132 Å². The minimum Gasteiger partial charge on any atom is -0.465 e. The van der Waals surface area contributed by atoms with Crippen LogP contribution in [-0.2, 0) is 47.7 Å². The fraction of sp³-hybridized carbons (Fsp3) is 0.667. The van der Waals surface area contributed by atoms with Crippen molar-refractivity contribution in [2.24, 2.45) is 5.41 Å². The van der Waals surface area contributed by atoms with Crippen molar-refractivity contribution in [3.8, 4) is 0 Å². The number of hydrogen-bond donors (Lipinski definition) is 0. The van der Waals surface area contributed by atoms with Crippen LogP contribution in [0.3, 0.4) is 0 Å². The summed E-state index contributed by atoms with van der Waals surface area (Å²) in [5, 5.41) is 0. The molecular weight excluding hydrogens is 476 g/mol. The predicted octanol–water partition coefficient (Wildman–Crippen LogP) is 2.24. The summed E-state index contributed by atoms with van der Waals surface area (Å²) in [6.07, 6.45) is 0. The molecule has 33 heavy (non-hydrogen) atoms. The van der Waals surface area contributed by atoms with Gasteiger partial charge in [0.2, 0.25) is 5.76 Å². The average Bonchev–Trinajstić information content (AvgIpc) is 2.98. The molecule has 1 aliphatic rings. The average molecular weight is 507 g/mol. The van der Waals surface area contributed by atoms with Crippen molar-refractivity contribution in [1.29, 1.82) is 0 Å². The highest BCUT2D eigenvalue weighted by Gasteiger charge is 2.57. The monoisotopic (exact) mass is 506 g/mol. The first-order valence-corrected chi connectivity index (χ1v) is 12.5. The number of rotatable bonds is 12. The molecule has 0 amide bonds. The molecule has 1 atom stereocenters. The molecule has 0 aromatic carbocycles. The highest BCUT2D eigenvalue weighted by Crippen LogP contribution is 2.44. The summed E-state index contributed by atoms with van der Waals surface area (Å²) in [6.45, 7) is 9.94. The van der Waals surface area contributed by atoms with Gasteiger partial charge in [-0.05, 0) is 41.5 Å². The van der Waals surface area contributed by atoms with E-state index in [9.17, 15) is 24.0 Å². The summed E-state index contributed by atoms with van der Waals surface area (Å²) in [5.74, 6) is -4.94. The minimum absolute atomic E-state index is 0.0202. The van der Waals surface area contributed by atoms with E-state index in [0.29, 0.717) is 0 Å². The molecule has 0 aromatic heterocycles. The molecule has 1 heterocycles. The number of carbonyl (C=O) groups is 5. The highest BCUT2D eigenvalue weighted by atomic mass is 32.2. The highest BCUT2D eigenvalue weighted by molar-refractivity contribution is 8.04. The first-order chi connectivity index (χ1) is 15.4. The summed E-state index contributed by atoms with van der Waals surface area (Å²) in [5.41, 5.74) is -2.97. The van der Waals surface area contributed by atoms with Crippen LogP contribution in [-0.4, -0.2) is 72.5 Å². The molecule has 0 bridgehead atoms. The molecular formula is C21H30O10S2. The lowest BCUT2D eigenvalue weighted by atomic mass is 9.97. The summed E-state index contributed by atoms with van der Waals surface area (Å²) in [4.78, 5) is 61.9. The number of carbonyl (C=O) groups excluding carboxylic acids is 5. The lowest BCUT2D eigenvalue weighted by Gasteiger charge is -2.27. The second-order valence-electron chi connectivity index (χ2n) is 7.63. The van der Waals surface area contributed by atoms with Crippen LogP contribution in [0.5, 0.6) is 0 Å². The Hall–Kier alpha value is -2.21. The molecule has 0 aliphatic carbocycles. The van der Waals surface area contributed by atoms with Gasteiger partial charge in [0.05, 0.1) is 47.4 Å². The zero-order valence-electron chi connectivity index (χ0n) is 19.6. The molecule has 0 saturated heterocycles. The predicted molar refractivity (Wildman–Crippen MR) is 121 cm³/mol. The van der Waals surface area contributed by atoms with E-state index in [1.54, 1.807) is 41.5 Å². The molecule has 1 aliphatic heterocycles. The zero-order valence-corrected chi connectivity index (χ0v) is 21.3. The van der Waals surface area contributed by atoms with Crippen molar-refractivity contribution in [3.63, 3.8) is 0 Å². The molecule has 0 spiro atoms. The van der Waals surface area contributed by atoms with E-state index in [-0.39, 0.29) is 42.0 Å². The van der Waals surface area contributed by atoms with Crippen LogP contribution in [0.1, 0.15) is 41.5 Å². The molecule has 0 radical (unpaired) electrons. The normalized spacial score (nSPS) is 17.9. The Balaban J connectivity index is 3.41. The fourth-order valence-electron chi connectivity index (χ4n) is 2.39. The number of ether oxygens (including phenoxy) is 5. The van der Waals surface area contributed by atoms with E-state index in [1.165, 1.54) is 0 Å². The van der Waals surface area contributed by atoms with Gasteiger partial charge in [0.25, 0.3) is 5.60 Å². The van der Waals surface area contributed by atoms with Gasteiger partial charge in [-0.2, -0.15) is 0 Å². The van der Waals surface area contributed by atoms with Crippen LogP contribution >= 0.6 is 23.5 Å². The Kier molecular flexibility index (Phi) is 11.2. The Morgan fingerprint density at radius 2 is 1.45 bits per heavy atom. The van der Waals surface area contributed by atoms with Crippen LogP contribution in [0, 0.1) is 5.41 Å². The maximum absolute atomic E-state index is 13.0. The van der Waals surface area contributed by atoms with Gasteiger partial charge >= 0.3 is 29.8 Å². The van der Waals surface area contributed by atoms with Gasteiger partial charge in [-0.25, -0.2) is 9.59 Å². The van der Waals surface area contributed by atoms with Gasteiger partial charge in [-0.3, -0.25) is 14.4 Å². The number of esters is 5. The van der Waals surface area contributed by atoms with Crippen LogP contribution in [0.2, 0.25) is 0 Å².